The number of non-ortho nitro benzene ring substituents is 1. The summed E-state index contributed by atoms with van der Waals surface area (Å²) in [4.78, 5) is 30.2. The number of nitrogens with one attached hydrogen (secondary N) is 1. The normalized spacial score (nSPS) is 13.1. The number of rotatable bonds is 6. The van der Waals surface area contributed by atoms with Crippen molar-refractivity contribution in [1.29, 1.82) is 0 Å². The Morgan fingerprint density at radius 3 is 2.76 bits per heavy atom. The molecular formula is C23H18N4O6S. The highest BCUT2D eigenvalue weighted by molar-refractivity contribution is 7.92. The van der Waals surface area contributed by atoms with Crippen molar-refractivity contribution >= 4 is 38.4 Å². The predicted molar refractivity (Wildman–Crippen MR) is 123 cm³/mol. The lowest BCUT2D eigenvalue weighted by atomic mass is 10.2. The second kappa shape index (κ2) is 8.27. The van der Waals surface area contributed by atoms with Crippen molar-refractivity contribution in [2.75, 3.05) is 10.8 Å². The standard InChI is InChI=1S/C23H18N4O6S/c28-23(33-14-22-24-19-9-8-17(27(29)30)13-20(19)25-22)16-5-3-6-18(12-16)34(31,32)26-11-10-15-4-1-2-7-21(15)26/h1-9,12-13H,10-11,14H2,(H,24,25). The highest BCUT2D eigenvalue weighted by atomic mass is 32.2. The number of hydrogen-bond acceptors (Lipinski definition) is 7. The van der Waals surface area contributed by atoms with Crippen LogP contribution in [-0.4, -0.2) is 35.8 Å². The minimum Gasteiger partial charge on any atom is -0.454 e. The molecule has 3 aromatic carbocycles. The van der Waals surface area contributed by atoms with Gasteiger partial charge in [0.1, 0.15) is 12.4 Å². The fourth-order valence-electron chi connectivity index (χ4n) is 3.92. The van der Waals surface area contributed by atoms with Crippen molar-refractivity contribution in [2.45, 2.75) is 17.9 Å². The molecule has 0 spiro atoms. The van der Waals surface area contributed by atoms with Crippen LogP contribution in [0, 0.1) is 10.1 Å². The Morgan fingerprint density at radius 1 is 1.12 bits per heavy atom. The summed E-state index contributed by atoms with van der Waals surface area (Å²) >= 11 is 0. The molecule has 0 bridgehead atoms. The highest BCUT2D eigenvalue weighted by Gasteiger charge is 2.31. The number of carbonyl (C=O) groups excluding carboxylic acids is 1. The van der Waals surface area contributed by atoms with Crippen LogP contribution in [-0.2, 0) is 27.8 Å². The largest absolute Gasteiger partial charge is 0.454 e. The van der Waals surface area contributed by atoms with Crippen molar-refractivity contribution in [3.63, 3.8) is 0 Å². The van der Waals surface area contributed by atoms with Gasteiger partial charge in [-0.25, -0.2) is 18.2 Å². The number of sulfonamides is 1. The Balaban J connectivity index is 1.33. The van der Waals surface area contributed by atoms with Crippen LogP contribution in [0.5, 0.6) is 0 Å². The average Bonchev–Trinajstić information content (AvgIpc) is 3.46. The third-order valence-corrected chi connectivity index (χ3v) is 7.38. The molecule has 1 aromatic heterocycles. The molecule has 1 aliphatic heterocycles. The number of carbonyl (C=O) groups is 1. The van der Waals surface area contributed by atoms with Gasteiger partial charge in [0.15, 0.2) is 0 Å². The van der Waals surface area contributed by atoms with E-state index in [1.54, 1.807) is 12.1 Å². The molecule has 0 saturated carbocycles. The fraction of sp³-hybridized carbons (Fsp3) is 0.130. The molecule has 4 aromatic rings. The maximum absolute atomic E-state index is 13.2. The van der Waals surface area contributed by atoms with E-state index in [1.165, 1.54) is 46.8 Å². The van der Waals surface area contributed by atoms with E-state index in [9.17, 15) is 23.3 Å². The van der Waals surface area contributed by atoms with Gasteiger partial charge < -0.3 is 9.72 Å². The number of H-pyrrole nitrogens is 1. The van der Waals surface area contributed by atoms with E-state index in [1.807, 2.05) is 12.1 Å². The minimum absolute atomic E-state index is 0.00491. The van der Waals surface area contributed by atoms with Gasteiger partial charge in [-0.15, -0.1) is 0 Å². The Labute approximate surface area is 194 Å². The van der Waals surface area contributed by atoms with Gasteiger partial charge in [-0.2, -0.15) is 0 Å². The highest BCUT2D eigenvalue weighted by Crippen LogP contribution is 2.32. The number of para-hydroxylation sites is 1. The molecule has 0 aliphatic carbocycles. The molecule has 0 fully saturated rings. The first-order valence-corrected chi connectivity index (χ1v) is 11.8. The smallest absolute Gasteiger partial charge is 0.338 e. The van der Waals surface area contributed by atoms with Gasteiger partial charge in [0.25, 0.3) is 15.7 Å². The van der Waals surface area contributed by atoms with Crippen molar-refractivity contribution < 1.29 is 22.9 Å². The average molecular weight is 478 g/mol. The van der Waals surface area contributed by atoms with Crippen LogP contribution in [0.1, 0.15) is 21.7 Å². The molecule has 11 heteroatoms. The number of nitro groups is 1. The summed E-state index contributed by atoms with van der Waals surface area (Å²) in [7, 11) is -3.85. The molecule has 0 saturated heterocycles. The third kappa shape index (κ3) is 3.86. The van der Waals surface area contributed by atoms with Crippen molar-refractivity contribution in [2.24, 2.45) is 0 Å². The fourth-order valence-corrected chi connectivity index (χ4v) is 5.47. The number of imidazole rings is 1. The number of nitrogens with zero attached hydrogens (tertiary/aromatic N) is 3. The molecule has 0 amide bonds. The van der Waals surface area contributed by atoms with Gasteiger partial charge in [0.05, 0.1) is 32.1 Å². The van der Waals surface area contributed by atoms with E-state index < -0.39 is 20.9 Å². The number of benzene rings is 3. The summed E-state index contributed by atoms with van der Waals surface area (Å²) in [6, 6.07) is 17.2. The first kappa shape index (κ1) is 21.6. The first-order chi connectivity index (χ1) is 16.3. The maximum atomic E-state index is 13.2. The Bertz CT molecular complexity index is 1550. The van der Waals surface area contributed by atoms with Crippen molar-refractivity contribution in [3.05, 3.63) is 93.8 Å². The quantitative estimate of drug-likeness (QED) is 0.254. The zero-order valence-electron chi connectivity index (χ0n) is 17.7. The van der Waals surface area contributed by atoms with Crippen molar-refractivity contribution in [1.82, 2.24) is 9.97 Å². The van der Waals surface area contributed by atoms with E-state index >= 15 is 0 Å². The van der Waals surface area contributed by atoms with E-state index in [0.717, 1.165) is 5.56 Å². The van der Waals surface area contributed by atoms with Crippen LogP contribution in [0.25, 0.3) is 11.0 Å². The molecule has 1 N–H and O–H groups in total. The SMILES string of the molecule is O=C(OCc1nc2ccc([N+](=O)[O-])cc2[nH]1)c1cccc(S(=O)(=O)N2CCc3ccccc32)c1. The Hall–Kier alpha value is -4.25. The summed E-state index contributed by atoms with van der Waals surface area (Å²) in [6.07, 6.45) is 0.623. The van der Waals surface area contributed by atoms with Gasteiger partial charge in [0.2, 0.25) is 0 Å². The van der Waals surface area contributed by atoms with Crippen LogP contribution < -0.4 is 4.31 Å². The number of aromatic nitrogens is 2. The lowest BCUT2D eigenvalue weighted by Crippen LogP contribution is -2.29. The van der Waals surface area contributed by atoms with Crippen LogP contribution >= 0.6 is 0 Å². The van der Waals surface area contributed by atoms with E-state index in [4.69, 9.17) is 4.74 Å². The third-order valence-electron chi connectivity index (χ3n) is 5.57. The number of nitro benzene ring substituents is 1. The maximum Gasteiger partial charge on any atom is 0.338 e. The lowest BCUT2D eigenvalue weighted by molar-refractivity contribution is -0.384. The number of esters is 1. The summed E-state index contributed by atoms with van der Waals surface area (Å²) in [5.41, 5.74) is 2.53. The number of aromatic amines is 1. The topological polar surface area (TPSA) is 136 Å². The molecule has 2 heterocycles. The summed E-state index contributed by atoms with van der Waals surface area (Å²) in [5.74, 6) is -0.411. The summed E-state index contributed by atoms with van der Waals surface area (Å²) in [5, 5.41) is 10.9. The molecule has 0 atom stereocenters. The second-order valence-corrected chi connectivity index (χ2v) is 9.56. The predicted octanol–water partition coefficient (Wildman–Crippen LogP) is 3.58. The summed E-state index contributed by atoms with van der Waals surface area (Å²) < 4.78 is 33.1. The van der Waals surface area contributed by atoms with Gasteiger partial charge in [-0.05, 0) is 42.3 Å². The number of ether oxygens (including phenoxy) is 1. The molecule has 5 rings (SSSR count). The number of fused-ring (bicyclic) bond motifs is 2. The molecule has 0 unspecified atom stereocenters. The Kier molecular flexibility index (Phi) is 5.25. The van der Waals surface area contributed by atoms with Crippen LogP contribution in [0.15, 0.2) is 71.6 Å². The lowest BCUT2D eigenvalue weighted by Gasteiger charge is -2.19. The van der Waals surface area contributed by atoms with Gasteiger partial charge in [-0.3, -0.25) is 14.4 Å². The van der Waals surface area contributed by atoms with Crippen molar-refractivity contribution in [3.8, 4) is 0 Å². The molecule has 172 valence electrons. The molecule has 34 heavy (non-hydrogen) atoms. The summed E-state index contributed by atoms with van der Waals surface area (Å²) in [6.45, 7) is 0.123. The molecule has 10 nitrogen and oxygen atoms in total. The minimum atomic E-state index is -3.85. The zero-order chi connectivity index (χ0) is 23.9. The molecule has 0 radical (unpaired) electrons. The van der Waals surface area contributed by atoms with E-state index in [0.29, 0.717) is 35.5 Å². The van der Waals surface area contributed by atoms with E-state index in [-0.39, 0.29) is 22.8 Å². The first-order valence-electron chi connectivity index (χ1n) is 10.3. The molecular weight excluding hydrogens is 460 g/mol. The number of anilines is 1. The van der Waals surface area contributed by atoms with Gasteiger partial charge in [-0.1, -0.05) is 24.3 Å². The number of hydrogen-bond donors (Lipinski definition) is 1. The zero-order valence-corrected chi connectivity index (χ0v) is 18.5. The van der Waals surface area contributed by atoms with Gasteiger partial charge >= 0.3 is 5.97 Å². The monoisotopic (exact) mass is 478 g/mol. The molecule has 1 aliphatic rings. The van der Waals surface area contributed by atoms with Gasteiger partial charge in [0, 0.05) is 18.7 Å². The van der Waals surface area contributed by atoms with E-state index in [2.05, 4.69) is 9.97 Å². The van der Waals surface area contributed by atoms with Crippen LogP contribution in [0.2, 0.25) is 0 Å². The van der Waals surface area contributed by atoms with Crippen LogP contribution in [0.4, 0.5) is 11.4 Å². The Morgan fingerprint density at radius 2 is 1.94 bits per heavy atom. The second-order valence-electron chi connectivity index (χ2n) is 7.70. The van der Waals surface area contributed by atoms with Crippen LogP contribution in [0.3, 0.4) is 0 Å².